The maximum atomic E-state index is 12.6. The zero-order valence-electron chi connectivity index (χ0n) is 11.5. The molecule has 1 atom stereocenters. The van der Waals surface area contributed by atoms with Gasteiger partial charge in [-0.05, 0) is 18.9 Å². The summed E-state index contributed by atoms with van der Waals surface area (Å²) in [5.41, 5.74) is 5.62. The van der Waals surface area contributed by atoms with Crippen LogP contribution in [0.4, 0.5) is 0 Å². The maximum absolute atomic E-state index is 12.6. The number of hydrogen-bond acceptors (Lipinski definition) is 3. The van der Waals surface area contributed by atoms with Crippen LogP contribution in [0.1, 0.15) is 26.7 Å². The number of rotatable bonds is 2. The van der Waals surface area contributed by atoms with Crippen LogP contribution >= 0.6 is 0 Å². The molecule has 0 bridgehead atoms. The van der Waals surface area contributed by atoms with E-state index in [2.05, 4.69) is 0 Å². The van der Waals surface area contributed by atoms with Crippen molar-refractivity contribution in [3.63, 3.8) is 0 Å². The van der Waals surface area contributed by atoms with Crippen molar-refractivity contribution < 1.29 is 8.42 Å². The summed E-state index contributed by atoms with van der Waals surface area (Å²) in [6, 6.07) is -0.0509. The monoisotopic (exact) mass is 282 g/mol. The fourth-order valence-corrected chi connectivity index (χ4v) is 4.18. The molecule has 5 heteroatoms. The second kappa shape index (κ2) is 5.23. The van der Waals surface area contributed by atoms with Gasteiger partial charge in [-0.3, -0.25) is 0 Å². The van der Waals surface area contributed by atoms with Crippen LogP contribution in [0, 0.1) is 5.41 Å². The van der Waals surface area contributed by atoms with Crippen molar-refractivity contribution in [2.75, 3.05) is 13.1 Å². The highest BCUT2D eigenvalue weighted by Gasteiger charge is 2.31. The van der Waals surface area contributed by atoms with Gasteiger partial charge in [0.25, 0.3) is 0 Å². The van der Waals surface area contributed by atoms with E-state index in [-0.39, 0.29) is 11.5 Å². The summed E-state index contributed by atoms with van der Waals surface area (Å²) in [7, 11) is -3.42. The Morgan fingerprint density at radius 2 is 2.11 bits per heavy atom. The van der Waals surface area contributed by atoms with Crippen molar-refractivity contribution in [2.24, 2.45) is 11.1 Å². The van der Waals surface area contributed by atoms with Gasteiger partial charge in [0.2, 0.25) is 10.0 Å². The molecular formula is C14H22N2O2S. The fourth-order valence-electron chi connectivity index (χ4n) is 2.42. The van der Waals surface area contributed by atoms with E-state index in [4.69, 9.17) is 5.73 Å². The number of piperidine rings is 1. The van der Waals surface area contributed by atoms with E-state index in [1.54, 1.807) is 12.2 Å². The lowest BCUT2D eigenvalue weighted by Gasteiger charge is -2.30. The normalized spacial score (nSPS) is 27.9. The van der Waals surface area contributed by atoms with Gasteiger partial charge in [0.15, 0.2) is 0 Å². The minimum Gasteiger partial charge on any atom is -0.327 e. The third kappa shape index (κ3) is 3.35. The Morgan fingerprint density at radius 1 is 1.37 bits per heavy atom. The Kier molecular flexibility index (Phi) is 3.99. The van der Waals surface area contributed by atoms with Crippen LogP contribution in [0.3, 0.4) is 0 Å². The molecule has 1 aliphatic carbocycles. The molecule has 0 radical (unpaired) electrons. The van der Waals surface area contributed by atoms with E-state index in [9.17, 15) is 8.42 Å². The quantitative estimate of drug-likeness (QED) is 0.839. The molecule has 1 saturated heterocycles. The van der Waals surface area contributed by atoms with Gasteiger partial charge < -0.3 is 5.73 Å². The van der Waals surface area contributed by atoms with Crippen LogP contribution in [0.15, 0.2) is 35.3 Å². The third-order valence-electron chi connectivity index (χ3n) is 3.47. The molecule has 0 aromatic carbocycles. The van der Waals surface area contributed by atoms with E-state index in [1.807, 2.05) is 32.1 Å². The molecule has 2 N–H and O–H groups in total. The standard InChI is InChI=1S/C14H22N2O2S/c1-14(2)8-4-3-7-13(10-14)19(17,18)16-9-5-6-12(15)11-16/h3-4,7-8,10,12H,5-6,9,11,15H2,1-2H3. The van der Waals surface area contributed by atoms with Crippen molar-refractivity contribution in [3.8, 4) is 0 Å². The zero-order chi connectivity index (χ0) is 14.1. The van der Waals surface area contributed by atoms with E-state index in [0.717, 1.165) is 12.8 Å². The van der Waals surface area contributed by atoms with Crippen molar-refractivity contribution >= 4 is 10.0 Å². The molecule has 2 rings (SSSR count). The molecule has 0 aromatic rings. The average molecular weight is 282 g/mol. The van der Waals surface area contributed by atoms with E-state index < -0.39 is 10.0 Å². The lowest BCUT2D eigenvalue weighted by molar-refractivity contribution is 0.318. The number of nitrogens with zero attached hydrogens (tertiary/aromatic N) is 1. The van der Waals surface area contributed by atoms with Crippen molar-refractivity contribution in [3.05, 3.63) is 35.3 Å². The summed E-state index contributed by atoms with van der Waals surface area (Å²) >= 11 is 0. The van der Waals surface area contributed by atoms with Gasteiger partial charge in [-0.25, -0.2) is 8.42 Å². The predicted molar refractivity (Wildman–Crippen MR) is 77.8 cm³/mol. The molecule has 0 saturated carbocycles. The lowest BCUT2D eigenvalue weighted by atomic mass is 9.93. The highest BCUT2D eigenvalue weighted by molar-refractivity contribution is 7.93. The zero-order valence-corrected chi connectivity index (χ0v) is 12.4. The first kappa shape index (κ1) is 14.5. The van der Waals surface area contributed by atoms with Crippen molar-refractivity contribution in [1.29, 1.82) is 0 Å². The summed E-state index contributed by atoms with van der Waals surface area (Å²) in [6.07, 6.45) is 10.9. The van der Waals surface area contributed by atoms with Gasteiger partial charge in [0.1, 0.15) is 0 Å². The van der Waals surface area contributed by atoms with Gasteiger partial charge in [-0.2, -0.15) is 4.31 Å². The summed E-state index contributed by atoms with van der Waals surface area (Å²) in [4.78, 5) is 0.372. The minimum atomic E-state index is -3.42. The highest BCUT2D eigenvalue weighted by atomic mass is 32.2. The first-order valence-corrected chi connectivity index (χ1v) is 8.10. The molecule has 0 amide bonds. The second-order valence-electron chi connectivity index (χ2n) is 5.85. The van der Waals surface area contributed by atoms with Gasteiger partial charge in [-0.1, -0.05) is 38.2 Å². The maximum Gasteiger partial charge on any atom is 0.242 e. The van der Waals surface area contributed by atoms with Gasteiger partial charge >= 0.3 is 0 Å². The van der Waals surface area contributed by atoms with Crippen LogP contribution in [-0.2, 0) is 10.0 Å². The molecule has 1 aliphatic heterocycles. The largest absolute Gasteiger partial charge is 0.327 e. The highest BCUT2D eigenvalue weighted by Crippen LogP contribution is 2.28. The molecule has 2 aliphatic rings. The molecule has 1 unspecified atom stereocenters. The summed E-state index contributed by atoms with van der Waals surface area (Å²) in [5, 5.41) is 0. The molecule has 1 heterocycles. The molecule has 19 heavy (non-hydrogen) atoms. The summed E-state index contributed by atoms with van der Waals surface area (Å²) in [6.45, 7) is 4.97. The van der Waals surface area contributed by atoms with Crippen LogP contribution in [-0.4, -0.2) is 31.9 Å². The number of nitrogens with two attached hydrogens (primary N) is 1. The Labute approximate surface area is 115 Å². The molecular weight excluding hydrogens is 260 g/mol. The first-order valence-electron chi connectivity index (χ1n) is 6.66. The van der Waals surface area contributed by atoms with E-state index in [1.165, 1.54) is 4.31 Å². The average Bonchev–Trinajstić information content (AvgIpc) is 2.50. The minimum absolute atomic E-state index is 0.0509. The summed E-state index contributed by atoms with van der Waals surface area (Å²) < 4.78 is 26.8. The van der Waals surface area contributed by atoms with E-state index >= 15 is 0 Å². The van der Waals surface area contributed by atoms with Gasteiger partial charge in [0, 0.05) is 24.5 Å². The summed E-state index contributed by atoms with van der Waals surface area (Å²) in [5.74, 6) is 0. The smallest absolute Gasteiger partial charge is 0.242 e. The number of allylic oxidation sites excluding steroid dienone is 5. The van der Waals surface area contributed by atoms with Crippen LogP contribution in [0.5, 0.6) is 0 Å². The Hall–Kier alpha value is -0.910. The fraction of sp³-hybridized carbons (Fsp3) is 0.571. The van der Waals surface area contributed by atoms with Crippen molar-refractivity contribution in [2.45, 2.75) is 32.7 Å². The van der Waals surface area contributed by atoms with Crippen molar-refractivity contribution in [1.82, 2.24) is 4.31 Å². The topological polar surface area (TPSA) is 63.4 Å². The SMILES string of the molecule is CC1(C)C=CC=CC(S(=O)(=O)N2CCCC(N)C2)=C1. The van der Waals surface area contributed by atoms with Gasteiger partial charge in [-0.15, -0.1) is 0 Å². The number of sulfonamides is 1. The van der Waals surface area contributed by atoms with Crippen LogP contribution < -0.4 is 5.73 Å². The van der Waals surface area contributed by atoms with Crippen LogP contribution in [0.25, 0.3) is 0 Å². The van der Waals surface area contributed by atoms with Gasteiger partial charge in [0.05, 0.1) is 4.91 Å². The third-order valence-corrected chi connectivity index (χ3v) is 5.33. The number of hydrogen-bond donors (Lipinski definition) is 1. The van der Waals surface area contributed by atoms with Crippen LogP contribution in [0.2, 0.25) is 0 Å². The molecule has 4 nitrogen and oxygen atoms in total. The Morgan fingerprint density at radius 3 is 2.79 bits per heavy atom. The first-order chi connectivity index (χ1) is 8.81. The Balaban J connectivity index is 2.31. The second-order valence-corrected chi connectivity index (χ2v) is 7.79. The lowest BCUT2D eigenvalue weighted by Crippen LogP contribution is -2.45. The molecule has 0 spiro atoms. The molecule has 106 valence electrons. The Bertz CT molecular complexity index is 530. The van der Waals surface area contributed by atoms with E-state index in [0.29, 0.717) is 18.0 Å². The molecule has 1 fully saturated rings. The predicted octanol–water partition coefficient (Wildman–Crippen LogP) is 1.78. The molecule has 0 aromatic heterocycles.